The van der Waals surface area contributed by atoms with Crippen molar-refractivity contribution in [2.75, 3.05) is 12.0 Å². The van der Waals surface area contributed by atoms with Crippen LogP contribution in [0.15, 0.2) is 79.1 Å². The summed E-state index contributed by atoms with van der Waals surface area (Å²) in [5.41, 5.74) is 5.10. The van der Waals surface area contributed by atoms with Crippen LogP contribution in [0.5, 0.6) is 0 Å². The summed E-state index contributed by atoms with van der Waals surface area (Å²) in [6.45, 7) is 2.00. The van der Waals surface area contributed by atoms with Gasteiger partial charge >= 0.3 is 24.8 Å². The second-order valence-corrected chi connectivity index (χ2v) is 9.53. The summed E-state index contributed by atoms with van der Waals surface area (Å²) in [4.78, 5) is 29.3. The molecule has 1 amide bonds. The van der Waals surface area contributed by atoms with Gasteiger partial charge in [-0.05, 0) is 65.1 Å². The summed E-state index contributed by atoms with van der Waals surface area (Å²) in [6, 6.07) is 20.7. The van der Waals surface area contributed by atoms with Crippen molar-refractivity contribution in [2.24, 2.45) is 0 Å². The van der Waals surface area contributed by atoms with Gasteiger partial charge in [-0.25, -0.2) is 4.79 Å². The van der Waals surface area contributed by atoms with Crippen LogP contribution in [-0.4, -0.2) is 40.0 Å². The maximum atomic E-state index is 13.3. The number of thioether (sulfide) groups is 1. The SMILES string of the molecule is CSCCC(NC(=O)c1ccc(C=Cc2cncc3ccccc23)cc1-c1ccccc1C)C(=O)O.[H-].[Li+]. The van der Waals surface area contributed by atoms with E-state index in [1.54, 1.807) is 17.8 Å². The average Bonchev–Trinajstić information content (AvgIpc) is 2.89. The number of carboxylic acids is 1. The average molecular weight is 505 g/mol. The van der Waals surface area contributed by atoms with Crippen molar-refractivity contribution < 1.29 is 35.0 Å². The van der Waals surface area contributed by atoms with Crippen LogP contribution in [0.4, 0.5) is 0 Å². The minimum absolute atomic E-state index is 0. The van der Waals surface area contributed by atoms with Crippen molar-refractivity contribution in [3.63, 3.8) is 0 Å². The van der Waals surface area contributed by atoms with E-state index in [-0.39, 0.29) is 20.3 Å². The van der Waals surface area contributed by atoms with Crippen LogP contribution < -0.4 is 24.2 Å². The number of carbonyl (C=O) groups excluding carboxylic acids is 1. The molecule has 1 heterocycles. The molecular formula is C30H29LiN2O3S. The Balaban J connectivity index is 0.00000253. The molecule has 0 aliphatic carbocycles. The van der Waals surface area contributed by atoms with Gasteiger partial charge in [0.25, 0.3) is 5.91 Å². The maximum Gasteiger partial charge on any atom is 1.00 e. The molecule has 37 heavy (non-hydrogen) atoms. The number of fused-ring (bicyclic) bond motifs is 1. The third kappa shape index (κ3) is 6.93. The van der Waals surface area contributed by atoms with E-state index in [2.05, 4.69) is 16.4 Å². The predicted octanol–water partition coefficient (Wildman–Crippen LogP) is 3.43. The van der Waals surface area contributed by atoms with Crippen LogP contribution in [0.1, 0.15) is 34.9 Å². The molecule has 4 aromatic rings. The Labute approximate surface area is 235 Å². The smallest absolute Gasteiger partial charge is 1.00 e. The van der Waals surface area contributed by atoms with Crippen LogP contribution in [0.25, 0.3) is 34.1 Å². The van der Waals surface area contributed by atoms with Crippen LogP contribution in [-0.2, 0) is 4.79 Å². The van der Waals surface area contributed by atoms with E-state index in [0.29, 0.717) is 17.7 Å². The number of carbonyl (C=O) groups is 2. The van der Waals surface area contributed by atoms with Gasteiger partial charge in [-0.1, -0.05) is 66.7 Å². The van der Waals surface area contributed by atoms with Crippen LogP contribution >= 0.6 is 11.8 Å². The number of hydrogen-bond donors (Lipinski definition) is 2. The fourth-order valence-corrected chi connectivity index (χ4v) is 4.62. The largest absolute Gasteiger partial charge is 1.00 e. The Hall–Kier alpha value is -3.30. The zero-order valence-corrected chi connectivity index (χ0v) is 22.1. The van der Waals surface area contributed by atoms with E-state index in [4.69, 9.17) is 0 Å². The zero-order valence-electron chi connectivity index (χ0n) is 22.3. The Morgan fingerprint density at radius 1 is 1.03 bits per heavy atom. The van der Waals surface area contributed by atoms with Crippen LogP contribution in [0, 0.1) is 6.92 Å². The molecule has 0 radical (unpaired) electrons. The molecule has 0 fully saturated rings. The van der Waals surface area contributed by atoms with Gasteiger partial charge in [-0.2, -0.15) is 11.8 Å². The summed E-state index contributed by atoms with van der Waals surface area (Å²) >= 11 is 1.55. The van der Waals surface area contributed by atoms with E-state index < -0.39 is 17.9 Å². The Bertz CT molecular complexity index is 1440. The molecule has 1 aromatic heterocycles. The van der Waals surface area contributed by atoms with Crippen molar-refractivity contribution in [2.45, 2.75) is 19.4 Å². The normalized spacial score (nSPS) is 11.7. The molecule has 4 rings (SSSR count). The van der Waals surface area contributed by atoms with E-state index in [1.807, 2.05) is 92.3 Å². The first-order valence-electron chi connectivity index (χ1n) is 11.7. The standard InChI is InChI=1S/C30H28N2O3S.Li.H/c1-20-7-3-5-9-24(20)27-17-21(11-13-23-19-31-18-22-8-4-6-10-25(22)23)12-14-26(27)29(33)32-28(30(34)35)15-16-36-2;;/h3-14,17-19,28H,15-16H2,1-2H3,(H,32,33)(H,34,35);;/q;+1;-1. The van der Waals surface area contributed by atoms with Crippen molar-refractivity contribution in [3.05, 3.63) is 101 Å². The minimum Gasteiger partial charge on any atom is -1.00 e. The molecule has 5 nitrogen and oxygen atoms in total. The molecule has 184 valence electrons. The number of aromatic nitrogens is 1. The Kier molecular flexibility index (Phi) is 10.2. The summed E-state index contributed by atoms with van der Waals surface area (Å²) in [5, 5.41) is 14.5. The molecular weight excluding hydrogens is 475 g/mol. The zero-order chi connectivity index (χ0) is 25.5. The topological polar surface area (TPSA) is 79.3 Å². The van der Waals surface area contributed by atoms with Gasteiger partial charge in [0.15, 0.2) is 0 Å². The molecule has 1 atom stereocenters. The molecule has 0 saturated carbocycles. The molecule has 2 N–H and O–H groups in total. The van der Waals surface area contributed by atoms with Crippen molar-refractivity contribution in [1.29, 1.82) is 0 Å². The third-order valence-corrected chi connectivity index (χ3v) is 6.74. The van der Waals surface area contributed by atoms with E-state index in [1.165, 1.54) is 0 Å². The number of aliphatic carboxylic acids is 1. The Morgan fingerprint density at radius 3 is 2.54 bits per heavy atom. The number of hydrogen-bond acceptors (Lipinski definition) is 4. The van der Waals surface area contributed by atoms with Gasteiger partial charge in [0.2, 0.25) is 0 Å². The molecule has 7 heteroatoms. The van der Waals surface area contributed by atoms with E-state index in [9.17, 15) is 14.7 Å². The molecule has 0 aliphatic rings. The quantitative estimate of drug-likeness (QED) is 0.342. The summed E-state index contributed by atoms with van der Waals surface area (Å²) in [5.74, 6) is -0.775. The number of benzene rings is 3. The number of nitrogens with zero attached hydrogens (tertiary/aromatic N) is 1. The number of pyridine rings is 1. The number of carboxylic acid groups (broad SMARTS) is 1. The number of nitrogens with one attached hydrogen (secondary N) is 1. The molecule has 0 aliphatic heterocycles. The summed E-state index contributed by atoms with van der Waals surface area (Å²) < 4.78 is 0. The molecule has 1 unspecified atom stereocenters. The minimum atomic E-state index is -1.03. The maximum absolute atomic E-state index is 13.3. The second-order valence-electron chi connectivity index (χ2n) is 8.55. The van der Waals surface area contributed by atoms with Gasteiger partial charge < -0.3 is 11.8 Å². The molecule has 3 aromatic carbocycles. The number of amides is 1. The fraction of sp³-hybridized carbons (Fsp3) is 0.167. The van der Waals surface area contributed by atoms with Crippen molar-refractivity contribution >= 4 is 46.6 Å². The summed E-state index contributed by atoms with van der Waals surface area (Å²) in [7, 11) is 0. The second kappa shape index (κ2) is 13.3. The van der Waals surface area contributed by atoms with Crippen LogP contribution in [0.2, 0.25) is 0 Å². The summed E-state index contributed by atoms with van der Waals surface area (Å²) in [6.07, 6.45) is 9.99. The number of aryl methyl sites for hydroxylation is 1. The molecule has 0 saturated heterocycles. The van der Waals surface area contributed by atoms with Gasteiger partial charge in [0, 0.05) is 28.9 Å². The van der Waals surface area contributed by atoms with Crippen LogP contribution in [0.3, 0.4) is 0 Å². The van der Waals surface area contributed by atoms with E-state index in [0.717, 1.165) is 38.6 Å². The molecule has 0 spiro atoms. The first kappa shape index (κ1) is 28.3. The van der Waals surface area contributed by atoms with Gasteiger partial charge in [-0.15, -0.1) is 0 Å². The van der Waals surface area contributed by atoms with E-state index >= 15 is 0 Å². The van der Waals surface area contributed by atoms with Gasteiger partial charge in [0.05, 0.1) is 0 Å². The van der Waals surface area contributed by atoms with Gasteiger partial charge in [-0.3, -0.25) is 9.78 Å². The Morgan fingerprint density at radius 2 is 1.78 bits per heavy atom. The third-order valence-electron chi connectivity index (χ3n) is 6.09. The first-order valence-corrected chi connectivity index (χ1v) is 13.1. The van der Waals surface area contributed by atoms with Crippen molar-refractivity contribution in [1.82, 2.24) is 10.3 Å². The monoisotopic (exact) mass is 504 g/mol. The van der Waals surface area contributed by atoms with Crippen molar-refractivity contribution in [3.8, 4) is 11.1 Å². The first-order chi connectivity index (χ1) is 17.5. The van der Waals surface area contributed by atoms with Gasteiger partial charge in [0.1, 0.15) is 6.04 Å². The molecule has 0 bridgehead atoms. The predicted molar refractivity (Wildman–Crippen MR) is 150 cm³/mol. The fourth-order valence-electron chi connectivity index (χ4n) is 4.15. The number of rotatable bonds is 9.